The van der Waals surface area contributed by atoms with Gasteiger partial charge in [-0.2, -0.15) is 0 Å². The largest absolute Gasteiger partial charge is 0.372 e. The second-order valence-corrected chi connectivity index (χ2v) is 7.56. The Labute approximate surface area is 158 Å². The molecule has 1 aliphatic rings. The van der Waals surface area contributed by atoms with Gasteiger partial charge in [0.25, 0.3) is 11.8 Å². The molecule has 1 heterocycles. The van der Waals surface area contributed by atoms with Gasteiger partial charge in [0.05, 0.1) is 5.56 Å². The zero-order valence-electron chi connectivity index (χ0n) is 15.3. The van der Waals surface area contributed by atoms with Crippen LogP contribution in [0.5, 0.6) is 0 Å². The van der Waals surface area contributed by atoms with Gasteiger partial charge in [-0.3, -0.25) is 9.59 Å². The third-order valence-electron chi connectivity index (χ3n) is 4.90. The van der Waals surface area contributed by atoms with Crippen molar-refractivity contribution in [1.29, 1.82) is 0 Å². The van der Waals surface area contributed by atoms with E-state index in [4.69, 9.17) is 5.73 Å². The molecule has 26 heavy (non-hydrogen) atoms. The Bertz CT molecular complexity index is 807. The van der Waals surface area contributed by atoms with Gasteiger partial charge in [0, 0.05) is 29.2 Å². The number of hydrogen-bond acceptors (Lipinski definition) is 4. The Kier molecular flexibility index (Phi) is 5.61. The number of aryl methyl sites for hydroxylation is 1. The number of primary amides is 1. The number of amides is 2. The van der Waals surface area contributed by atoms with Crippen molar-refractivity contribution in [3.05, 3.63) is 45.8 Å². The number of thiophene rings is 1. The predicted molar refractivity (Wildman–Crippen MR) is 107 cm³/mol. The molecule has 0 unspecified atom stereocenters. The van der Waals surface area contributed by atoms with Crippen LogP contribution in [-0.4, -0.2) is 24.9 Å². The smallest absolute Gasteiger partial charge is 0.256 e. The van der Waals surface area contributed by atoms with Crippen LogP contribution in [0.15, 0.2) is 24.3 Å². The van der Waals surface area contributed by atoms with Gasteiger partial charge in [0.15, 0.2) is 0 Å². The molecular formula is C20H25N3O2S. The predicted octanol–water partition coefficient (Wildman–Crippen LogP) is 3.82. The maximum atomic E-state index is 12.7. The molecule has 0 radical (unpaired) electrons. The normalized spacial score (nSPS) is 13.2. The number of anilines is 2. The summed E-state index contributed by atoms with van der Waals surface area (Å²) in [5.74, 6) is -0.672. The van der Waals surface area contributed by atoms with Gasteiger partial charge in [-0.15, -0.1) is 11.3 Å². The summed E-state index contributed by atoms with van der Waals surface area (Å²) >= 11 is 1.49. The molecule has 0 atom stereocenters. The zero-order chi connectivity index (χ0) is 18.7. The molecule has 2 amide bonds. The summed E-state index contributed by atoms with van der Waals surface area (Å²) in [4.78, 5) is 28.0. The van der Waals surface area contributed by atoms with Crippen molar-refractivity contribution in [3.8, 4) is 0 Å². The molecule has 3 N–H and O–H groups in total. The minimum Gasteiger partial charge on any atom is -0.372 e. The second kappa shape index (κ2) is 7.91. The topological polar surface area (TPSA) is 75.4 Å². The standard InChI is InChI=1S/C20H25N3O2S/c1-3-23(4-2)14-11-9-13(10-12-14)19(25)22-20-17(18(21)24)15-7-5-6-8-16(15)26-20/h9-12H,3-8H2,1-2H3,(H2,21,24)(H,22,25). The first-order valence-electron chi connectivity index (χ1n) is 9.15. The minimum absolute atomic E-state index is 0.211. The summed E-state index contributed by atoms with van der Waals surface area (Å²) in [5, 5.41) is 3.49. The van der Waals surface area contributed by atoms with Gasteiger partial charge < -0.3 is 16.0 Å². The summed E-state index contributed by atoms with van der Waals surface area (Å²) in [7, 11) is 0. The highest BCUT2D eigenvalue weighted by molar-refractivity contribution is 7.17. The molecule has 5 nitrogen and oxygen atoms in total. The minimum atomic E-state index is -0.461. The van der Waals surface area contributed by atoms with Crippen molar-refractivity contribution in [3.63, 3.8) is 0 Å². The maximum absolute atomic E-state index is 12.7. The molecule has 2 aromatic rings. The van der Waals surface area contributed by atoms with E-state index in [1.807, 2.05) is 24.3 Å². The van der Waals surface area contributed by atoms with Crippen LogP contribution in [0.4, 0.5) is 10.7 Å². The van der Waals surface area contributed by atoms with E-state index in [1.165, 1.54) is 16.2 Å². The second-order valence-electron chi connectivity index (χ2n) is 6.45. The number of nitrogens with two attached hydrogens (primary N) is 1. The Morgan fingerprint density at radius 1 is 1.12 bits per heavy atom. The molecule has 3 rings (SSSR count). The van der Waals surface area contributed by atoms with Crippen LogP contribution < -0.4 is 16.0 Å². The Balaban J connectivity index is 1.82. The summed E-state index contributed by atoms with van der Waals surface area (Å²) in [6.07, 6.45) is 3.99. The SMILES string of the molecule is CCN(CC)c1ccc(C(=O)Nc2sc3c(c2C(N)=O)CCCC3)cc1. The van der Waals surface area contributed by atoms with E-state index in [0.717, 1.165) is 50.0 Å². The molecule has 0 spiro atoms. The fraction of sp³-hybridized carbons (Fsp3) is 0.400. The van der Waals surface area contributed by atoms with E-state index >= 15 is 0 Å². The van der Waals surface area contributed by atoms with Gasteiger partial charge in [-0.05, 0) is 69.4 Å². The number of carbonyl (C=O) groups excluding carboxylic acids is 2. The third kappa shape index (κ3) is 3.60. The number of nitrogens with zero attached hydrogens (tertiary/aromatic N) is 1. The van der Waals surface area contributed by atoms with Gasteiger partial charge in [-0.25, -0.2) is 0 Å². The summed E-state index contributed by atoms with van der Waals surface area (Å²) < 4.78 is 0. The van der Waals surface area contributed by atoms with Crippen LogP contribution in [0.3, 0.4) is 0 Å². The molecular weight excluding hydrogens is 346 g/mol. The van der Waals surface area contributed by atoms with Crippen molar-refractivity contribution < 1.29 is 9.59 Å². The summed E-state index contributed by atoms with van der Waals surface area (Å²) in [6, 6.07) is 7.55. The molecule has 0 bridgehead atoms. The summed E-state index contributed by atoms with van der Waals surface area (Å²) in [6.45, 7) is 6.05. The highest BCUT2D eigenvalue weighted by atomic mass is 32.1. The van der Waals surface area contributed by atoms with E-state index in [9.17, 15) is 9.59 Å². The molecule has 6 heteroatoms. The molecule has 138 valence electrons. The number of benzene rings is 1. The highest BCUT2D eigenvalue weighted by Crippen LogP contribution is 2.38. The lowest BCUT2D eigenvalue weighted by Crippen LogP contribution is -2.22. The van der Waals surface area contributed by atoms with Crippen LogP contribution in [0.2, 0.25) is 0 Å². The fourth-order valence-electron chi connectivity index (χ4n) is 3.50. The molecule has 1 aromatic carbocycles. The molecule has 0 aliphatic heterocycles. The van der Waals surface area contributed by atoms with E-state index in [2.05, 4.69) is 24.1 Å². The van der Waals surface area contributed by atoms with Gasteiger partial charge in [-0.1, -0.05) is 0 Å². The van der Waals surface area contributed by atoms with Crippen LogP contribution in [0.1, 0.15) is 57.8 Å². The third-order valence-corrected chi connectivity index (χ3v) is 6.11. The fourth-order valence-corrected chi connectivity index (χ4v) is 4.79. The van der Waals surface area contributed by atoms with Crippen molar-refractivity contribution in [2.75, 3.05) is 23.3 Å². The van der Waals surface area contributed by atoms with E-state index in [1.54, 1.807) is 0 Å². The van der Waals surface area contributed by atoms with Crippen molar-refractivity contribution in [1.82, 2.24) is 0 Å². The van der Waals surface area contributed by atoms with Crippen LogP contribution in [0, 0.1) is 0 Å². The first-order chi connectivity index (χ1) is 12.5. The summed E-state index contributed by atoms with van der Waals surface area (Å²) in [5.41, 5.74) is 8.78. The number of carbonyl (C=O) groups is 2. The van der Waals surface area contributed by atoms with Crippen molar-refractivity contribution in [2.45, 2.75) is 39.5 Å². The lowest BCUT2D eigenvalue weighted by molar-refractivity contribution is 0.100. The highest BCUT2D eigenvalue weighted by Gasteiger charge is 2.25. The zero-order valence-corrected chi connectivity index (χ0v) is 16.1. The quantitative estimate of drug-likeness (QED) is 0.810. The van der Waals surface area contributed by atoms with E-state index < -0.39 is 5.91 Å². The van der Waals surface area contributed by atoms with E-state index in [0.29, 0.717) is 16.1 Å². The maximum Gasteiger partial charge on any atom is 0.256 e. The molecule has 0 saturated carbocycles. The van der Waals surface area contributed by atoms with Crippen molar-refractivity contribution in [2.24, 2.45) is 5.73 Å². The van der Waals surface area contributed by atoms with Crippen LogP contribution >= 0.6 is 11.3 Å². The Morgan fingerprint density at radius 2 is 1.77 bits per heavy atom. The van der Waals surface area contributed by atoms with Gasteiger partial charge >= 0.3 is 0 Å². The molecule has 0 fully saturated rings. The lowest BCUT2D eigenvalue weighted by atomic mass is 9.95. The van der Waals surface area contributed by atoms with E-state index in [-0.39, 0.29) is 5.91 Å². The first-order valence-corrected chi connectivity index (χ1v) is 9.97. The van der Waals surface area contributed by atoms with Crippen LogP contribution in [0.25, 0.3) is 0 Å². The lowest BCUT2D eigenvalue weighted by Gasteiger charge is -2.21. The number of hydrogen-bond donors (Lipinski definition) is 2. The molecule has 1 aromatic heterocycles. The number of rotatable bonds is 6. The monoisotopic (exact) mass is 371 g/mol. The Hall–Kier alpha value is -2.34. The van der Waals surface area contributed by atoms with Gasteiger partial charge in [0.2, 0.25) is 0 Å². The number of nitrogens with one attached hydrogen (secondary N) is 1. The Morgan fingerprint density at radius 3 is 2.38 bits per heavy atom. The van der Waals surface area contributed by atoms with Gasteiger partial charge in [0.1, 0.15) is 5.00 Å². The molecule has 0 saturated heterocycles. The first kappa shape index (κ1) is 18.5. The number of fused-ring (bicyclic) bond motifs is 1. The van der Waals surface area contributed by atoms with Crippen molar-refractivity contribution >= 4 is 33.8 Å². The average molecular weight is 372 g/mol. The molecule has 1 aliphatic carbocycles. The average Bonchev–Trinajstić information content (AvgIpc) is 3.01. The van der Waals surface area contributed by atoms with Crippen LogP contribution in [-0.2, 0) is 12.8 Å².